The average Bonchev–Trinajstić information content (AvgIpc) is 3.67. The predicted octanol–water partition coefficient (Wildman–Crippen LogP) is 8.44. The Morgan fingerprint density at radius 1 is 0.881 bits per heavy atom. The third kappa shape index (κ3) is 10.3. The third-order valence-electron chi connectivity index (χ3n) is 11.8. The van der Waals surface area contributed by atoms with Crippen molar-refractivity contribution in [3.63, 3.8) is 0 Å². The molecule has 16 nitrogen and oxygen atoms in total. The van der Waals surface area contributed by atoms with Crippen molar-refractivity contribution in [3.05, 3.63) is 164 Å². The van der Waals surface area contributed by atoms with Crippen LogP contribution in [-0.4, -0.2) is 77.0 Å². The highest BCUT2D eigenvalue weighted by molar-refractivity contribution is 7.47. The van der Waals surface area contributed by atoms with Crippen LogP contribution in [0.4, 0.5) is 0 Å². The quantitative estimate of drug-likeness (QED) is 0.0639. The summed E-state index contributed by atoms with van der Waals surface area (Å²) in [6.07, 6.45) is -0.993. The van der Waals surface area contributed by atoms with Crippen LogP contribution in [0.25, 0.3) is 10.9 Å². The number of carbonyl (C=O) groups is 1. The fourth-order valence-corrected chi connectivity index (χ4v) is 9.67. The number of ether oxygens (including phenoxy) is 6. The van der Waals surface area contributed by atoms with Crippen molar-refractivity contribution in [1.29, 1.82) is 0 Å². The van der Waals surface area contributed by atoms with Gasteiger partial charge in [0.05, 0.1) is 25.8 Å². The van der Waals surface area contributed by atoms with Gasteiger partial charge >= 0.3 is 13.5 Å². The normalized spacial score (nSPS) is 20.6. The molecular formula is C49H51ClN3O13P. The van der Waals surface area contributed by atoms with Crippen molar-refractivity contribution in [2.75, 3.05) is 27.4 Å². The summed E-state index contributed by atoms with van der Waals surface area (Å²) in [5.41, 5.74) is -0.992. The lowest BCUT2D eigenvalue weighted by atomic mass is 9.80. The maximum absolute atomic E-state index is 14.5. The van der Waals surface area contributed by atoms with Gasteiger partial charge in [-0.2, -0.15) is 4.57 Å². The summed E-state index contributed by atoms with van der Waals surface area (Å²) in [6.45, 7) is 1.86. The summed E-state index contributed by atoms with van der Waals surface area (Å²) in [4.78, 5) is 57.1. The summed E-state index contributed by atoms with van der Waals surface area (Å²) in [6, 6.07) is 31.5. The van der Waals surface area contributed by atoms with Crippen LogP contribution in [0.2, 0.25) is 5.02 Å². The van der Waals surface area contributed by atoms with Crippen LogP contribution in [0.15, 0.2) is 131 Å². The van der Waals surface area contributed by atoms with Crippen molar-refractivity contribution in [2.45, 2.75) is 81.9 Å². The summed E-state index contributed by atoms with van der Waals surface area (Å²) < 4.78 is 65.8. The van der Waals surface area contributed by atoms with E-state index in [1.165, 1.54) is 24.5 Å². The van der Waals surface area contributed by atoms with Gasteiger partial charge in [0.2, 0.25) is 5.91 Å². The molecule has 2 unspecified atom stereocenters. The van der Waals surface area contributed by atoms with Crippen LogP contribution in [0.5, 0.6) is 17.2 Å². The first-order chi connectivity index (χ1) is 32.5. The molecule has 4 aromatic carbocycles. The minimum Gasteiger partial charge on any atom is -0.497 e. The SMILES string of the molecule is CCCCC(=O)n1c(=O)ccn([C@@H]2O[C@H](COC(c3ccccc3)(c3ccc(OC)cc3)c3ccc(OC)cc3)[C@@H](OP(=O)(O)Oc3ccc(Cl)c4cccnc34)[C@H]2OC2CCCCO2)c1=O. The number of carbonyl (C=O) groups excluding carboxylic acids is 1. The van der Waals surface area contributed by atoms with E-state index in [9.17, 15) is 23.8 Å². The number of methoxy groups -OCH3 is 2. The molecule has 0 bridgehead atoms. The van der Waals surface area contributed by atoms with Crippen LogP contribution in [0, 0.1) is 0 Å². The lowest BCUT2D eigenvalue weighted by molar-refractivity contribution is -0.214. The molecule has 2 aliphatic rings. The maximum atomic E-state index is 14.5. The van der Waals surface area contributed by atoms with Crippen molar-refractivity contribution in [1.82, 2.24) is 14.1 Å². The van der Waals surface area contributed by atoms with E-state index in [0.717, 1.165) is 23.5 Å². The van der Waals surface area contributed by atoms with Gasteiger partial charge in [-0.25, -0.2) is 9.36 Å². The standard InChI is InChI=1S/C49H51ClN3O13P/c1-4-5-15-41(54)53-42(55)27-29-52(48(53)56)47-46(64-43-16-9-10-30-61-43)45(66-67(57,58)65-39-26-25-38(50)37-14-11-28-51-44(37)39)40(63-47)31-62-49(32-12-7-6-8-13-32,33-17-21-35(59-2)22-18-33)34-19-23-36(60-3)24-20-34/h6-8,11-14,17-29,40,43,45-47H,4-5,9-10,15-16,30-31H2,1-3H3,(H,57,58)/t40-,43?,45-,46-,47-/m1/s1. The Hall–Kier alpha value is -5.68. The van der Waals surface area contributed by atoms with Crippen molar-refractivity contribution in [2.24, 2.45) is 0 Å². The second-order valence-corrected chi connectivity index (χ2v) is 17.8. The smallest absolute Gasteiger partial charge is 0.497 e. The molecule has 352 valence electrons. The van der Waals surface area contributed by atoms with Gasteiger partial charge in [0.15, 0.2) is 18.3 Å². The molecule has 4 heterocycles. The number of fused-ring (bicyclic) bond motifs is 1. The van der Waals surface area contributed by atoms with Gasteiger partial charge in [-0.3, -0.25) is 28.6 Å². The number of phosphoric ester groups is 1. The zero-order valence-electron chi connectivity index (χ0n) is 37.1. The number of unbranched alkanes of at least 4 members (excludes halogenated alkanes) is 1. The molecule has 2 saturated heterocycles. The maximum Gasteiger partial charge on any atom is 0.527 e. The van der Waals surface area contributed by atoms with E-state index in [0.29, 0.717) is 69.0 Å². The summed E-state index contributed by atoms with van der Waals surface area (Å²) in [7, 11) is -2.07. The summed E-state index contributed by atoms with van der Waals surface area (Å²) in [5.74, 6) is 0.401. The first kappa shape index (κ1) is 47.8. The second-order valence-electron chi connectivity index (χ2n) is 16.0. The first-order valence-corrected chi connectivity index (χ1v) is 23.9. The van der Waals surface area contributed by atoms with E-state index in [1.54, 1.807) is 50.6 Å². The molecule has 0 spiro atoms. The topological polar surface area (TPSA) is 185 Å². The van der Waals surface area contributed by atoms with E-state index in [4.69, 9.17) is 49.1 Å². The highest BCUT2D eigenvalue weighted by Gasteiger charge is 2.53. The molecule has 2 aromatic heterocycles. The Morgan fingerprint density at radius 2 is 1.57 bits per heavy atom. The highest BCUT2D eigenvalue weighted by Crippen LogP contribution is 2.51. The predicted molar refractivity (Wildman–Crippen MR) is 248 cm³/mol. The van der Waals surface area contributed by atoms with E-state index < -0.39 is 61.4 Å². The minimum absolute atomic E-state index is 0.0587. The molecule has 18 heteroatoms. The number of hydrogen-bond acceptors (Lipinski definition) is 13. The number of halogens is 1. The Kier molecular flexibility index (Phi) is 15.0. The van der Waals surface area contributed by atoms with E-state index in [-0.39, 0.29) is 24.3 Å². The molecule has 6 aromatic rings. The molecule has 8 rings (SSSR count). The molecule has 0 amide bonds. The zero-order chi connectivity index (χ0) is 47.1. The molecule has 0 saturated carbocycles. The number of pyridine rings is 1. The van der Waals surface area contributed by atoms with E-state index in [1.807, 2.05) is 61.5 Å². The van der Waals surface area contributed by atoms with Crippen LogP contribution >= 0.6 is 19.4 Å². The molecule has 0 aliphatic carbocycles. The lowest BCUT2D eigenvalue weighted by Crippen LogP contribution is -2.47. The van der Waals surface area contributed by atoms with Crippen LogP contribution in [-0.2, 0) is 33.6 Å². The van der Waals surface area contributed by atoms with Gasteiger partial charge in [-0.1, -0.05) is 79.5 Å². The van der Waals surface area contributed by atoms with Crippen molar-refractivity contribution >= 4 is 36.2 Å². The first-order valence-electron chi connectivity index (χ1n) is 22.0. The number of hydrogen-bond donors (Lipinski definition) is 1. The largest absolute Gasteiger partial charge is 0.527 e. The molecular weight excluding hydrogens is 905 g/mol. The van der Waals surface area contributed by atoms with Gasteiger partial charge in [0.1, 0.15) is 40.9 Å². The Bertz CT molecular complexity index is 2770. The fraction of sp³-hybridized carbons (Fsp3) is 0.347. The van der Waals surface area contributed by atoms with Crippen LogP contribution in [0.1, 0.15) is 73.2 Å². The number of phosphoric acid groups is 1. The number of aromatic nitrogens is 3. The minimum atomic E-state index is -5.21. The lowest BCUT2D eigenvalue weighted by Gasteiger charge is -2.37. The Morgan fingerprint density at radius 3 is 2.21 bits per heavy atom. The number of nitrogens with zero attached hydrogens (tertiary/aromatic N) is 3. The van der Waals surface area contributed by atoms with Gasteiger partial charge in [0.25, 0.3) is 5.56 Å². The average molecular weight is 956 g/mol. The summed E-state index contributed by atoms with van der Waals surface area (Å²) in [5, 5.41) is 0.801. The second kappa shape index (κ2) is 21.1. The monoisotopic (exact) mass is 955 g/mol. The molecule has 0 radical (unpaired) electrons. The van der Waals surface area contributed by atoms with Gasteiger partial charge in [-0.15, -0.1) is 0 Å². The molecule has 67 heavy (non-hydrogen) atoms. The molecule has 2 fully saturated rings. The van der Waals surface area contributed by atoms with Gasteiger partial charge in [0, 0.05) is 36.9 Å². The molecule has 1 N–H and O–H groups in total. The Balaban J connectivity index is 1.27. The highest BCUT2D eigenvalue weighted by atomic mass is 35.5. The third-order valence-corrected chi connectivity index (χ3v) is 13.1. The van der Waals surface area contributed by atoms with E-state index >= 15 is 0 Å². The summed E-state index contributed by atoms with van der Waals surface area (Å²) >= 11 is 6.46. The van der Waals surface area contributed by atoms with Crippen molar-refractivity contribution < 1.29 is 51.7 Å². The number of benzene rings is 4. The fourth-order valence-electron chi connectivity index (χ4n) is 8.45. The Labute approximate surface area is 391 Å². The number of rotatable bonds is 18. The van der Waals surface area contributed by atoms with Gasteiger partial charge in [-0.05, 0) is 90.9 Å². The van der Waals surface area contributed by atoms with Crippen molar-refractivity contribution in [3.8, 4) is 17.2 Å². The van der Waals surface area contributed by atoms with E-state index in [2.05, 4.69) is 4.98 Å². The molecule has 6 atom stereocenters. The van der Waals surface area contributed by atoms with Crippen LogP contribution < -0.4 is 25.2 Å². The van der Waals surface area contributed by atoms with Crippen LogP contribution in [0.3, 0.4) is 0 Å². The molecule has 2 aliphatic heterocycles. The zero-order valence-corrected chi connectivity index (χ0v) is 38.8. The van der Waals surface area contributed by atoms with Gasteiger partial charge < -0.3 is 32.9 Å².